The molecule has 0 N–H and O–H groups in total. The van der Waals surface area contributed by atoms with E-state index < -0.39 is 12.3 Å². The van der Waals surface area contributed by atoms with Gasteiger partial charge in [-0.2, -0.15) is 0 Å². The maximum atomic E-state index is 7.55. The Labute approximate surface area is 214 Å². The van der Waals surface area contributed by atoms with Crippen LogP contribution >= 0.6 is 19.4 Å². The summed E-state index contributed by atoms with van der Waals surface area (Å²) in [5.41, 5.74) is 9.86. The molecule has 34 heavy (non-hydrogen) atoms. The van der Waals surface area contributed by atoms with Crippen molar-refractivity contribution in [3.05, 3.63) is 81.9 Å². The standard InChI is InChI=1S/C21H26N2.C7H7O.2ClH.Ru/c1-14-9-16(3)20(17(4)10-14)22-7-8-23(13-22)21-18(5)11-15(2)12-19(21)6;1-8-7-5-3-2-4-6-7;;;/h9-12H,7-8H2,1-6H3;2-5H,1H3;2*1H;/q;;;;-1/p-2. The normalized spacial score (nSPS) is 14.7. The number of hydrogen-bond donors (Lipinski definition) is 0. The first-order valence-electron chi connectivity index (χ1n) is 11.4. The van der Waals surface area contributed by atoms with E-state index in [9.17, 15) is 0 Å². The molecular formula is C28H33Cl2N2ORu-3. The summed E-state index contributed by atoms with van der Waals surface area (Å²) >= 11 is -3.66. The van der Waals surface area contributed by atoms with Crippen LogP contribution in [0.4, 0.5) is 11.4 Å². The molecule has 3 aromatic carbocycles. The van der Waals surface area contributed by atoms with Crippen LogP contribution in [0.3, 0.4) is 0 Å². The fraction of sp³-hybridized carbons (Fsp3) is 0.321. The van der Waals surface area contributed by atoms with Gasteiger partial charge < -0.3 is 0 Å². The number of rotatable bonds is 4. The van der Waals surface area contributed by atoms with Gasteiger partial charge in [0.15, 0.2) is 0 Å². The molecule has 1 aliphatic heterocycles. The van der Waals surface area contributed by atoms with Gasteiger partial charge in [-0.05, 0) is 0 Å². The average Bonchev–Trinajstić information content (AvgIpc) is 3.17. The summed E-state index contributed by atoms with van der Waals surface area (Å²) in [6.45, 7) is 14.6. The summed E-state index contributed by atoms with van der Waals surface area (Å²) in [5.74, 6) is 0.744. The fourth-order valence-electron chi connectivity index (χ4n) is 5.24. The van der Waals surface area contributed by atoms with Crippen molar-refractivity contribution >= 4 is 39.3 Å². The summed E-state index contributed by atoms with van der Waals surface area (Å²) < 4.78 is 7.63. The van der Waals surface area contributed by atoms with Crippen molar-refractivity contribution in [1.82, 2.24) is 0 Å². The summed E-state index contributed by atoms with van der Waals surface area (Å²) in [6.07, 6.45) is 0. The van der Waals surface area contributed by atoms with Gasteiger partial charge in [0.25, 0.3) is 0 Å². The first-order chi connectivity index (χ1) is 16.1. The zero-order chi connectivity index (χ0) is 24.8. The summed E-state index contributed by atoms with van der Waals surface area (Å²) in [4.78, 5) is 4.75. The Morgan fingerprint density at radius 3 is 1.53 bits per heavy atom. The number of anilines is 2. The van der Waals surface area contributed by atoms with Crippen LogP contribution in [0.5, 0.6) is 5.75 Å². The van der Waals surface area contributed by atoms with E-state index in [1.807, 2.05) is 24.3 Å². The predicted molar refractivity (Wildman–Crippen MR) is 145 cm³/mol. The second-order valence-corrected chi connectivity index (χ2v) is 18.3. The Kier molecular flexibility index (Phi) is 7.16. The number of ether oxygens (including phenoxy) is 1. The summed E-state index contributed by atoms with van der Waals surface area (Å²) in [6, 6.07) is 16.9. The van der Waals surface area contributed by atoms with E-state index in [1.165, 1.54) is 44.8 Å². The van der Waals surface area contributed by atoms with Crippen LogP contribution in [0.1, 0.15) is 33.4 Å². The van der Waals surface area contributed by atoms with E-state index in [-0.39, 0.29) is 0 Å². The molecule has 6 heteroatoms. The molecule has 1 saturated heterocycles. The molecule has 0 radical (unpaired) electrons. The molecule has 0 atom stereocenters. The van der Waals surface area contributed by atoms with Gasteiger partial charge in [-0.1, -0.05) is 0 Å². The number of nitrogens with zero attached hydrogens (tertiary/aromatic N) is 2. The molecule has 0 saturated carbocycles. The van der Waals surface area contributed by atoms with Crippen LogP contribution in [0.2, 0.25) is 0 Å². The SMILES string of the molecule is COc1cccc[c]1[Ru-3]([Cl])([Cl])=[C]1N(c2c(C)cc(C)cc2C)CCN1c1c(C)cc(C)cc1C. The van der Waals surface area contributed by atoms with Crippen molar-refractivity contribution in [2.75, 3.05) is 30.0 Å². The topological polar surface area (TPSA) is 15.7 Å². The number of halogens is 2. The van der Waals surface area contributed by atoms with Crippen molar-refractivity contribution in [3.63, 3.8) is 0 Å². The van der Waals surface area contributed by atoms with Crippen LogP contribution in [0.25, 0.3) is 0 Å². The molecule has 0 bridgehead atoms. The first-order valence-corrected chi connectivity index (χ1v) is 17.6. The van der Waals surface area contributed by atoms with Gasteiger partial charge in [0.2, 0.25) is 0 Å². The molecule has 186 valence electrons. The predicted octanol–water partition coefficient (Wildman–Crippen LogP) is 6.75. The van der Waals surface area contributed by atoms with E-state index in [4.69, 9.17) is 24.1 Å². The van der Waals surface area contributed by atoms with Crippen LogP contribution < -0.4 is 18.7 Å². The Bertz CT molecular complexity index is 1200. The fourth-order valence-corrected chi connectivity index (χ4v) is 12.0. The zero-order valence-electron chi connectivity index (χ0n) is 20.9. The van der Waals surface area contributed by atoms with Gasteiger partial charge in [0.1, 0.15) is 0 Å². The van der Waals surface area contributed by atoms with Crippen molar-refractivity contribution in [2.45, 2.75) is 41.5 Å². The van der Waals surface area contributed by atoms with E-state index >= 15 is 0 Å². The number of methoxy groups -OCH3 is 1. The molecule has 0 aliphatic carbocycles. The van der Waals surface area contributed by atoms with Crippen LogP contribution in [0, 0.1) is 41.5 Å². The quantitative estimate of drug-likeness (QED) is 0.316. The van der Waals surface area contributed by atoms with Gasteiger partial charge in [-0.25, -0.2) is 0 Å². The third-order valence-corrected chi connectivity index (χ3v) is 13.2. The number of hydrogen-bond acceptors (Lipinski definition) is 3. The third-order valence-electron chi connectivity index (χ3n) is 6.27. The van der Waals surface area contributed by atoms with E-state index in [1.54, 1.807) is 7.11 Å². The Morgan fingerprint density at radius 2 is 1.12 bits per heavy atom. The second kappa shape index (κ2) is 9.65. The number of para-hydroxylation sites is 1. The van der Waals surface area contributed by atoms with Gasteiger partial charge >= 0.3 is 216 Å². The van der Waals surface area contributed by atoms with Crippen molar-refractivity contribution in [2.24, 2.45) is 0 Å². The zero-order valence-corrected chi connectivity index (χ0v) is 24.2. The minimum absolute atomic E-state index is 0.744. The molecule has 3 nitrogen and oxygen atoms in total. The average molecular weight is 586 g/mol. The summed E-state index contributed by atoms with van der Waals surface area (Å²) in [5, 5.41) is 0. The molecule has 4 rings (SSSR count). The molecule has 1 fully saturated rings. The second-order valence-electron chi connectivity index (χ2n) is 9.08. The summed E-state index contributed by atoms with van der Waals surface area (Å²) in [7, 11) is 16.8. The molecule has 0 spiro atoms. The molecule has 0 amide bonds. The van der Waals surface area contributed by atoms with Crippen LogP contribution in [-0.2, 0) is 12.3 Å². The molecule has 1 aliphatic rings. The number of benzene rings is 3. The first kappa shape index (κ1) is 25.2. The molecular weight excluding hydrogens is 552 g/mol. The van der Waals surface area contributed by atoms with Crippen molar-refractivity contribution < 1.29 is 17.1 Å². The van der Waals surface area contributed by atoms with Crippen LogP contribution in [0.15, 0.2) is 48.5 Å². The van der Waals surface area contributed by atoms with Crippen LogP contribution in [-0.4, -0.2) is 24.6 Å². The Balaban J connectivity index is 2.06. The van der Waals surface area contributed by atoms with E-state index in [2.05, 4.69) is 75.6 Å². The number of aryl methyl sites for hydroxylation is 6. The molecule has 0 aromatic heterocycles. The van der Waals surface area contributed by atoms with Gasteiger partial charge in [-0.3, -0.25) is 0 Å². The van der Waals surface area contributed by atoms with Crippen molar-refractivity contribution in [3.8, 4) is 5.75 Å². The van der Waals surface area contributed by atoms with Gasteiger partial charge in [-0.15, -0.1) is 0 Å². The molecule has 1 heterocycles. The van der Waals surface area contributed by atoms with E-state index in [0.29, 0.717) is 0 Å². The molecule has 0 unspecified atom stereocenters. The Morgan fingerprint density at radius 1 is 0.706 bits per heavy atom. The third kappa shape index (κ3) is 4.41. The maximum absolute atomic E-state index is 7.55. The van der Waals surface area contributed by atoms with E-state index in [0.717, 1.165) is 27.4 Å². The van der Waals surface area contributed by atoms with Gasteiger partial charge in [0.05, 0.1) is 0 Å². The van der Waals surface area contributed by atoms with Crippen molar-refractivity contribution in [1.29, 1.82) is 0 Å². The van der Waals surface area contributed by atoms with Gasteiger partial charge in [0, 0.05) is 0 Å². The Hall–Kier alpha value is -1.87. The monoisotopic (exact) mass is 585 g/mol. The minimum atomic E-state index is -3.66. The molecule has 3 aromatic rings.